The zero-order valence-corrected chi connectivity index (χ0v) is 14.8. The first kappa shape index (κ1) is 16.0. The third-order valence-electron chi connectivity index (χ3n) is 4.83. The summed E-state index contributed by atoms with van der Waals surface area (Å²) in [7, 11) is 0. The lowest BCUT2D eigenvalue weighted by Crippen LogP contribution is -2.13. The number of rotatable bonds is 5. The van der Waals surface area contributed by atoms with E-state index in [2.05, 4.69) is 39.1 Å². The average Bonchev–Trinajstić information content (AvgIpc) is 3.32. The molecule has 3 aromatic rings. The zero-order valence-electron chi connectivity index (χ0n) is 14.8. The molecule has 132 valence electrons. The predicted molar refractivity (Wildman–Crippen MR) is 93.9 cm³/mol. The van der Waals surface area contributed by atoms with Crippen molar-refractivity contribution in [3.63, 3.8) is 0 Å². The monoisotopic (exact) mass is 341 g/mol. The van der Waals surface area contributed by atoms with Crippen LogP contribution in [-0.4, -0.2) is 35.2 Å². The summed E-state index contributed by atoms with van der Waals surface area (Å²) in [5.74, 6) is 1.12. The third kappa shape index (κ3) is 2.97. The smallest absolute Gasteiger partial charge is 0.226 e. The van der Waals surface area contributed by atoms with E-state index >= 15 is 0 Å². The minimum atomic E-state index is -0.0132. The fourth-order valence-electron chi connectivity index (χ4n) is 3.43. The number of aryl methyl sites for hydroxylation is 1. The summed E-state index contributed by atoms with van der Waals surface area (Å²) < 4.78 is 10.2. The van der Waals surface area contributed by atoms with Gasteiger partial charge >= 0.3 is 0 Å². The minimum absolute atomic E-state index is 0.0132. The van der Waals surface area contributed by atoms with Gasteiger partial charge in [0.2, 0.25) is 5.95 Å². The van der Waals surface area contributed by atoms with Crippen LogP contribution in [-0.2, 0) is 11.4 Å². The summed E-state index contributed by atoms with van der Waals surface area (Å²) in [5, 5.41) is 3.24. The fourth-order valence-corrected chi connectivity index (χ4v) is 3.43. The van der Waals surface area contributed by atoms with E-state index in [1.54, 1.807) is 12.5 Å². The maximum Gasteiger partial charge on any atom is 0.226 e. The number of ether oxygens (including phenoxy) is 1. The molecule has 0 spiro atoms. The van der Waals surface area contributed by atoms with Crippen molar-refractivity contribution in [1.29, 1.82) is 0 Å². The lowest BCUT2D eigenvalue weighted by Gasteiger charge is -2.15. The van der Waals surface area contributed by atoms with Gasteiger partial charge in [-0.3, -0.25) is 4.57 Å². The van der Waals surface area contributed by atoms with Gasteiger partial charge < -0.3 is 14.6 Å². The Morgan fingerprint density at radius 3 is 2.92 bits per heavy atom. The van der Waals surface area contributed by atoms with Gasteiger partial charge in [-0.1, -0.05) is 13.8 Å². The molecular weight excluding hydrogens is 318 g/mol. The molecule has 0 saturated carbocycles. The molecule has 3 unspecified atom stereocenters. The van der Waals surface area contributed by atoms with Crippen LogP contribution in [0.5, 0.6) is 0 Å². The van der Waals surface area contributed by atoms with Gasteiger partial charge in [0.15, 0.2) is 5.65 Å². The highest BCUT2D eigenvalue weighted by molar-refractivity contribution is 5.74. The molecule has 0 aliphatic carbocycles. The molecule has 0 aromatic carbocycles. The number of nitrogens with one attached hydrogen (secondary N) is 1. The Labute approximate surface area is 146 Å². The minimum Gasteiger partial charge on any atom is -0.354 e. The molecule has 8 nitrogen and oxygen atoms in total. The second kappa shape index (κ2) is 6.44. The number of imidazole rings is 2. The second-order valence-electron chi connectivity index (χ2n) is 6.62. The molecule has 1 aliphatic heterocycles. The van der Waals surface area contributed by atoms with Crippen LogP contribution in [0.15, 0.2) is 25.0 Å². The first-order valence-electron chi connectivity index (χ1n) is 8.72. The first-order valence-corrected chi connectivity index (χ1v) is 8.72. The van der Waals surface area contributed by atoms with Crippen LogP contribution in [0.3, 0.4) is 0 Å². The second-order valence-corrected chi connectivity index (χ2v) is 6.62. The number of fused-ring (bicyclic) bond motifs is 1. The molecule has 25 heavy (non-hydrogen) atoms. The van der Waals surface area contributed by atoms with Crippen molar-refractivity contribution >= 4 is 17.1 Å². The van der Waals surface area contributed by atoms with Gasteiger partial charge in [0.1, 0.15) is 11.7 Å². The van der Waals surface area contributed by atoms with Crippen molar-refractivity contribution in [3.8, 4) is 0 Å². The number of anilines is 1. The first-order chi connectivity index (χ1) is 12.2. The van der Waals surface area contributed by atoms with E-state index in [4.69, 9.17) is 4.74 Å². The van der Waals surface area contributed by atoms with Gasteiger partial charge in [0.05, 0.1) is 31.1 Å². The molecule has 0 amide bonds. The lowest BCUT2D eigenvalue weighted by atomic mass is 10.0. The lowest BCUT2D eigenvalue weighted by molar-refractivity contribution is -0.00303. The van der Waals surface area contributed by atoms with Gasteiger partial charge in [-0.05, 0) is 25.7 Å². The van der Waals surface area contributed by atoms with Gasteiger partial charge in [0, 0.05) is 12.4 Å². The molecule has 3 atom stereocenters. The molecule has 1 aliphatic rings. The molecule has 8 heteroatoms. The van der Waals surface area contributed by atoms with E-state index in [1.807, 2.05) is 28.6 Å². The number of hydrogen-bond donors (Lipinski definition) is 1. The van der Waals surface area contributed by atoms with Crippen LogP contribution in [0, 0.1) is 12.8 Å². The fraction of sp³-hybridized carbons (Fsp3) is 0.529. The van der Waals surface area contributed by atoms with E-state index in [0.717, 1.165) is 29.7 Å². The molecular formula is C17H23N7O. The standard InChI is InChI=1S/C17H23N7O/c1-4-13-11(2)7-14(25-13)24-10-19-15-12(3)21-17(22-16(15)24)20-9-23-6-5-18-8-23/h5-6,8,10-11,13-14H,4,7,9H2,1-3H3,(H,20,21,22). The van der Waals surface area contributed by atoms with Crippen molar-refractivity contribution in [2.45, 2.75) is 52.6 Å². The highest BCUT2D eigenvalue weighted by atomic mass is 16.5. The van der Waals surface area contributed by atoms with E-state index in [1.165, 1.54) is 0 Å². The van der Waals surface area contributed by atoms with Crippen LogP contribution in [0.25, 0.3) is 11.2 Å². The molecule has 3 aromatic heterocycles. The van der Waals surface area contributed by atoms with Crippen LogP contribution < -0.4 is 5.32 Å². The Kier molecular flexibility index (Phi) is 4.12. The molecule has 1 N–H and O–H groups in total. The average molecular weight is 341 g/mol. The van der Waals surface area contributed by atoms with E-state index in [9.17, 15) is 0 Å². The van der Waals surface area contributed by atoms with Crippen LogP contribution >= 0.6 is 0 Å². The summed E-state index contributed by atoms with van der Waals surface area (Å²) in [6.45, 7) is 6.93. The van der Waals surface area contributed by atoms with Crippen molar-refractivity contribution < 1.29 is 4.74 Å². The molecule has 0 radical (unpaired) electrons. The van der Waals surface area contributed by atoms with Crippen molar-refractivity contribution in [3.05, 3.63) is 30.7 Å². The van der Waals surface area contributed by atoms with Crippen LogP contribution in [0.4, 0.5) is 5.95 Å². The van der Waals surface area contributed by atoms with Gasteiger partial charge in [-0.25, -0.2) is 15.0 Å². The predicted octanol–water partition coefficient (Wildman–Crippen LogP) is 2.73. The maximum atomic E-state index is 6.20. The van der Waals surface area contributed by atoms with Gasteiger partial charge in [0.25, 0.3) is 0 Å². The van der Waals surface area contributed by atoms with E-state index in [0.29, 0.717) is 24.6 Å². The van der Waals surface area contributed by atoms with Gasteiger partial charge in [-0.2, -0.15) is 4.98 Å². The normalized spacial score (nSPS) is 23.4. The van der Waals surface area contributed by atoms with Crippen molar-refractivity contribution in [1.82, 2.24) is 29.1 Å². The summed E-state index contributed by atoms with van der Waals surface area (Å²) >= 11 is 0. The quantitative estimate of drug-likeness (QED) is 0.768. The highest BCUT2D eigenvalue weighted by Crippen LogP contribution is 2.36. The molecule has 4 heterocycles. The largest absolute Gasteiger partial charge is 0.354 e. The number of nitrogens with zero attached hydrogens (tertiary/aromatic N) is 6. The molecule has 1 fully saturated rings. The maximum absolute atomic E-state index is 6.20. The van der Waals surface area contributed by atoms with E-state index < -0.39 is 0 Å². The number of aromatic nitrogens is 6. The summed E-state index contributed by atoms with van der Waals surface area (Å²) in [4.78, 5) is 17.7. The third-order valence-corrected chi connectivity index (χ3v) is 4.83. The molecule has 4 rings (SSSR count). The summed E-state index contributed by atoms with van der Waals surface area (Å²) in [6, 6.07) is 0. The highest BCUT2D eigenvalue weighted by Gasteiger charge is 2.33. The van der Waals surface area contributed by atoms with E-state index in [-0.39, 0.29) is 6.23 Å². The topological polar surface area (TPSA) is 82.7 Å². The Morgan fingerprint density at radius 1 is 1.32 bits per heavy atom. The Bertz CT molecular complexity index is 857. The van der Waals surface area contributed by atoms with Crippen LogP contribution in [0.1, 0.15) is 38.6 Å². The SMILES string of the molecule is CCC1OC(n2cnc3c(C)nc(NCn4ccnc4)nc32)CC1C. The molecule has 1 saturated heterocycles. The Morgan fingerprint density at radius 2 is 2.20 bits per heavy atom. The molecule has 0 bridgehead atoms. The Balaban J connectivity index is 1.62. The zero-order chi connectivity index (χ0) is 17.4. The number of hydrogen-bond acceptors (Lipinski definition) is 6. The summed E-state index contributed by atoms with van der Waals surface area (Å²) in [5.41, 5.74) is 2.49. The van der Waals surface area contributed by atoms with Crippen LogP contribution in [0.2, 0.25) is 0 Å². The van der Waals surface area contributed by atoms with Crippen molar-refractivity contribution in [2.24, 2.45) is 5.92 Å². The summed E-state index contributed by atoms with van der Waals surface area (Å²) in [6.07, 6.45) is 9.49. The Hall–Kier alpha value is -2.48. The van der Waals surface area contributed by atoms with Crippen molar-refractivity contribution in [2.75, 3.05) is 5.32 Å². The van der Waals surface area contributed by atoms with Gasteiger partial charge in [-0.15, -0.1) is 0 Å².